The van der Waals surface area contributed by atoms with Crippen LogP contribution < -0.4 is 5.32 Å². The standard InChI is InChI=1S/C17H24N2O3.ClH/c1-11-6-4-5-7-15(11)12(2)18-16(20)13(3)19-9-8-14(10-19)17(21)22;/h4-7,12-14H,8-10H2,1-3H3,(H,18,20)(H,21,22);1H. The Kier molecular flexibility index (Phi) is 7.03. The molecule has 1 aromatic rings. The summed E-state index contributed by atoms with van der Waals surface area (Å²) in [6.07, 6.45) is 0.611. The Morgan fingerprint density at radius 3 is 2.52 bits per heavy atom. The number of benzene rings is 1. The van der Waals surface area contributed by atoms with Gasteiger partial charge in [-0.3, -0.25) is 14.5 Å². The number of halogens is 1. The average molecular weight is 341 g/mol. The van der Waals surface area contributed by atoms with Crippen LogP contribution in [0, 0.1) is 12.8 Å². The summed E-state index contributed by atoms with van der Waals surface area (Å²) < 4.78 is 0. The molecule has 0 aromatic heterocycles. The monoisotopic (exact) mass is 340 g/mol. The number of rotatable bonds is 5. The van der Waals surface area contributed by atoms with Gasteiger partial charge in [0.15, 0.2) is 0 Å². The molecule has 3 unspecified atom stereocenters. The Hall–Kier alpha value is -1.59. The molecular weight excluding hydrogens is 316 g/mol. The minimum Gasteiger partial charge on any atom is -0.481 e. The lowest BCUT2D eigenvalue weighted by molar-refractivity contribution is -0.141. The number of nitrogens with zero attached hydrogens (tertiary/aromatic N) is 1. The van der Waals surface area contributed by atoms with Gasteiger partial charge in [0.1, 0.15) is 0 Å². The lowest BCUT2D eigenvalue weighted by atomic mass is 10.0. The molecule has 1 aliphatic heterocycles. The topological polar surface area (TPSA) is 69.6 Å². The first-order valence-corrected chi connectivity index (χ1v) is 7.73. The summed E-state index contributed by atoms with van der Waals surface area (Å²) in [4.78, 5) is 25.4. The van der Waals surface area contributed by atoms with E-state index in [2.05, 4.69) is 5.32 Å². The molecule has 1 heterocycles. The van der Waals surface area contributed by atoms with Crippen LogP contribution in [0.15, 0.2) is 24.3 Å². The highest BCUT2D eigenvalue weighted by Gasteiger charge is 2.33. The molecule has 1 saturated heterocycles. The third-order valence-corrected chi connectivity index (χ3v) is 4.51. The number of carboxylic acid groups (broad SMARTS) is 1. The molecule has 128 valence electrons. The fourth-order valence-electron chi connectivity index (χ4n) is 2.99. The lowest BCUT2D eigenvalue weighted by Crippen LogP contribution is -2.45. The lowest BCUT2D eigenvalue weighted by Gasteiger charge is -2.25. The molecule has 2 N–H and O–H groups in total. The van der Waals surface area contributed by atoms with E-state index in [4.69, 9.17) is 5.11 Å². The molecule has 0 saturated carbocycles. The maximum Gasteiger partial charge on any atom is 0.307 e. The fraction of sp³-hybridized carbons (Fsp3) is 0.529. The van der Waals surface area contributed by atoms with Gasteiger partial charge in [0.05, 0.1) is 18.0 Å². The molecule has 1 amide bonds. The van der Waals surface area contributed by atoms with E-state index in [1.54, 1.807) is 0 Å². The van der Waals surface area contributed by atoms with Crippen molar-refractivity contribution in [3.63, 3.8) is 0 Å². The van der Waals surface area contributed by atoms with E-state index >= 15 is 0 Å². The second-order valence-electron chi connectivity index (χ2n) is 6.08. The maximum atomic E-state index is 12.4. The van der Waals surface area contributed by atoms with Gasteiger partial charge >= 0.3 is 5.97 Å². The summed E-state index contributed by atoms with van der Waals surface area (Å²) in [5.41, 5.74) is 2.25. The number of amides is 1. The van der Waals surface area contributed by atoms with Crippen LogP contribution in [0.25, 0.3) is 0 Å². The molecular formula is C17H25ClN2O3. The Labute approximate surface area is 143 Å². The smallest absolute Gasteiger partial charge is 0.307 e. The summed E-state index contributed by atoms with van der Waals surface area (Å²) in [6, 6.07) is 7.61. The average Bonchev–Trinajstić information content (AvgIpc) is 2.96. The number of carbonyl (C=O) groups excluding carboxylic acids is 1. The normalized spacial score (nSPS) is 20.4. The maximum absolute atomic E-state index is 12.4. The highest BCUT2D eigenvalue weighted by molar-refractivity contribution is 5.85. The molecule has 0 radical (unpaired) electrons. The molecule has 0 bridgehead atoms. The van der Waals surface area contributed by atoms with Crippen LogP contribution in [0.1, 0.15) is 37.4 Å². The Morgan fingerprint density at radius 2 is 1.96 bits per heavy atom. The van der Waals surface area contributed by atoms with Gasteiger partial charge in [0.25, 0.3) is 0 Å². The van der Waals surface area contributed by atoms with Gasteiger partial charge in [-0.2, -0.15) is 0 Å². The minimum atomic E-state index is -0.775. The fourth-order valence-corrected chi connectivity index (χ4v) is 2.99. The Bertz CT molecular complexity index is 565. The van der Waals surface area contributed by atoms with Gasteiger partial charge in [-0.05, 0) is 44.9 Å². The van der Waals surface area contributed by atoms with Crippen LogP contribution in [0.2, 0.25) is 0 Å². The predicted molar refractivity (Wildman–Crippen MR) is 91.8 cm³/mol. The SMILES string of the molecule is Cc1ccccc1C(C)NC(=O)C(C)N1CCC(C(=O)O)C1.Cl. The number of aliphatic carboxylic acids is 1. The van der Waals surface area contributed by atoms with E-state index in [1.165, 1.54) is 0 Å². The number of carbonyl (C=O) groups is 2. The summed E-state index contributed by atoms with van der Waals surface area (Å²) in [5, 5.41) is 12.1. The quantitative estimate of drug-likeness (QED) is 0.863. The van der Waals surface area contributed by atoms with Crippen LogP contribution in [0.5, 0.6) is 0 Å². The molecule has 23 heavy (non-hydrogen) atoms. The van der Waals surface area contributed by atoms with Crippen molar-refractivity contribution in [2.24, 2.45) is 5.92 Å². The number of carboxylic acids is 1. The van der Waals surface area contributed by atoms with Gasteiger partial charge < -0.3 is 10.4 Å². The third-order valence-electron chi connectivity index (χ3n) is 4.51. The molecule has 1 aliphatic rings. The van der Waals surface area contributed by atoms with Crippen molar-refractivity contribution in [1.82, 2.24) is 10.2 Å². The number of likely N-dealkylation sites (tertiary alicyclic amines) is 1. The Morgan fingerprint density at radius 1 is 1.30 bits per heavy atom. The second kappa shape index (κ2) is 8.31. The number of nitrogens with one attached hydrogen (secondary N) is 1. The van der Waals surface area contributed by atoms with E-state index in [-0.39, 0.29) is 36.3 Å². The molecule has 2 rings (SSSR count). The van der Waals surface area contributed by atoms with E-state index in [1.807, 2.05) is 49.9 Å². The summed E-state index contributed by atoms with van der Waals surface area (Å²) in [6.45, 7) is 6.94. The van der Waals surface area contributed by atoms with E-state index in [0.29, 0.717) is 19.5 Å². The summed E-state index contributed by atoms with van der Waals surface area (Å²) in [5.74, 6) is -1.19. The van der Waals surface area contributed by atoms with Crippen molar-refractivity contribution in [2.75, 3.05) is 13.1 Å². The molecule has 3 atom stereocenters. The summed E-state index contributed by atoms with van der Waals surface area (Å²) >= 11 is 0. The van der Waals surface area contributed by atoms with E-state index < -0.39 is 5.97 Å². The van der Waals surface area contributed by atoms with Crippen molar-refractivity contribution in [2.45, 2.75) is 39.3 Å². The molecule has 1 aromatic carbocycles. The van der Waals surface area contributed by atoms with Gasteiger partial charge in [0.2, 0.25) is 5.91 Å². The predicted octanol–water partition coefficient (Wildman–Crippen LogP) is 2.39. The Balaban J connectivity index is 0.00000264. The number of aryl methyl sites for hydroxylation is 1. The molecule has 6 heteroatoms. The van der Waals surface area contributed by atoms with Crippen molar-refractivity contribution in [1.29, 1.82) is 0 Å². The van der Waals surface area contributed by atoms with Crippen LogP contribution >= 0.6 is 12.4 Å². The van der Waals surface area contributed by atoms with Crippen molar-refractivity contribution in [3.05, 3.63) is 35.4 Å². The van der Waals surface area contributed by atoms with Crippen LogP contribution in [-0.2, 0) is 9.59 Å². The van der Waals surface area contributed by atoms with Crippen molar-refractivity contribution < 1.29 is 14.7 Å². The second-order valence-corrected chi connectivity index (χ2v) is 6.08. The molecule has 0 spiro atoms. The first-order valence-electron chi connectivity index (χ1n) is 7.73. The van der Waals surface area contributed by atoms with Gasteiger partial charge in [-0.1, -0.05) is 24.3 Å². The number of hydrogen-bond donors (Lipinski definition) is 2. The zero-order chi connectivity index (χ0) is 16.3. The molecule has 1 fully saturated rings. The van der Waals surface area contributed by atoms with Gasteiger partial charge in [0, 0.05) is 6.54 Å². The zero-order valence-corrected chi connectivity index (χ0v) is 14.6. The van der Waals surface area contributed by atoms with Crippen molar-refractivity contribution >= 4 is 24.3 Å². The molecule has 0 aliphatic carbocycles. The van der Waals surface area contributed by atoms with Crippen LogP contribution in [0.4, 0.5) is 0 Å². The van der Waals surface area contributed by atoms with Crippen LogP contribution in [0.3, 0.4) is 0 Å². The highest BCUT2D eigenvalue weighted by atomic mass is 35.5. The van der Waals surface area contributed by atoms with E-state index in [9.17, 15) is 9.59 Å². The summed E-state index contributed by atoms with van der Waals surface area (Å²) in [7, 11) is 0. The van der Waals surface area contributed by atoms with Crippen LogP contribution in [-0.4, -0.2) is 41.0 Å². The minimum absolute atomic E-state index is 0. The zero-order valence-electron chi connectivity index (χ0n) is 13.8. The number of hydrogen-bond acceptors (Lipinski definition) is 3. The first-order chi connectivity index (χ1) is 10.4. The first kappa shape index (κ1) is 19.5. The van der Waals surface area contributed by atoms with Crippen molar-refractivity contribution in [3.8, 4) is 0 Å². The van der Waals surface area contributed by atoms with E-state index in [0.717, 1.165) is 11.1 Å². The highest BCUT2D eigenvalue weighted by Crippen LogP contribution is 2.20. The van der Waals surface area contributed by atoms with Gasteiger partial charge in [-0.25, -0.2) is 0 Å². The van der Waals surface area contributed by atoms with Gasteiger partial charge in [-0.15, -0.1) is 12.4 Å². The third kappa shape index (κ3) is 4.69. The largest absolute Gasteiger partial charge is 0.481 e. The molecule has 5 nitrogen and oxygen atoms in total.